The molecule has 5 nitrogen and oxygen atoms in total. The fraction of sp³-hybridized carbons (Fsp3) is 0.125. The van der Waals surface area contributed by atoms with Gasteiger partial charge in [0.25, 0.3) is 5.56 Å². The predicted octanol–water partition coefficient (Wildman–Crippen LogP) is 3.91. The number of ether oxygens (including phenoxy) is 1. The van der Waals surface area contributed by atoms with Gasteiger partial charge in [-0.2, -0.15) is 0 Å². The van der Waals surface area contributed by atoms with Gasteiger partial charge in [0.15, 0.2) is 11.5 Å². The summed E-state index contributed by atoms with van der Waals surface area (Å²) in [4.78, 5) is 19.9. The number of nitrogens with one attached hydrogen (secondary N) is 1. The largest absolute Gasteiger partial charge is 0.503 e. The van der Waals surface area contributed by atoms with Crippen LogP contribution in [-0.4, -0.2) is 22.2 Å². The summed E-state index contributed by atoms with van der Waals surface area (Å²) in [6.07, 6.45) is 1.81. The molecular formula is C16H13ClN2O3S. The van der Waals surface area contributed by atoms with Crippen LogP contribution in [0, 0.1) is 0 Å². The number of phenolic OH excluding ortho intramolecular Hbond substituents is 1. The van der Waals surface area contributed by atoms with Gasteiger partial charge >= 0.3 is 0 Å². The maximum atomic E-state index is 12.0. The third-order valence-corrected chi connectivity index (χ3v) is 4.46. The second-order valence-corrected chi connectivity index (χ2v) is 6.24. The first-order valence-corrected chi connectivity index (χ1v) is 7.98. The van der Waals surface area contributed by atoms with Crippen molar-refractivity contribution in [1.82, 2.24) is 9.97 Å². The molecule has 0 aliphatic heterocycles. The molecule has 2 aromatic heterocycles. The van der Waals surface area contributed by atoms with E-state index >= 15 is 0 Å². The van der Waals surface area contributed by atoms with Gasteiger partial charge in [0.05, 0.1) is 17.5 Å². The number of rotatable bonds is 3. The minimum Gasteiger partial charge on any atom is -0.503 e. The molecule has 0 fully saturated rings. The zero-order valence-electron chi connectivity index (χ0n) is 12.4. The number of hydrogen-bond donors (Lipinski definition) is 2. The van der Waals surface area contributed by atoms with E-state index in [-0.39, 0.29) is 22.1 Å². The van der Waals surface area contributed by atoms with E-state index in [9.17, 15) is 9.90 Å². The number of H-pyrrole nitrogens is 1. The Balaban J connectivity index is 2.07. The Bertz CT molecular complexity index is 975. The van der Waals surface area contributed by atoms with Gasteiger partial charge in [-0.1, -0.05) is 11.6 Å². The molecule has 0 saturated carbocycles. The summed E-state index contributed by atoms with van der Waals surface area (Å²) in [7, 11) is 1.45. The van der Waals surface area contributed by atoms with Crippen molar-refractivity contribution in [2.45, 2.75) is 6.92 Å². The maximum absolute atomic E-state index is 12.0. The molecule has 3 aromatic rings. The van der Waals surface area contributed by atoms with Crippen molar-refractivity contribution in [3.05, 3.63) is 50.3 Å². The molecule has 0 amide bonds. The van der Waals surface area contributed by atoms with Crippen LogP contribution < -0.4 is 10.3 Å². The van der Waals surface area contributed by atoms with Gasteiger partial charge in [0, 0.05) is 0 Å². The van der Waals surface area contributed by atoms with E-state index in [2.05, 4.69) is 9.97 Å². The zero-order chi connectivity index (χ0) is 16.6. The standard InChI is InChI=1S/C16H13ClN2O3S/c1-8(5-9-6-11(17)13(20)12(7-9)22-2)14-18-15(21)10-3-4-23-16(10)19-14/h3-7,20H,1-2H3,(H,18,19,21)/b8-5+. The molecule has 0 radical (unpaired) electrons. The Labute approximate surface area is 140 Å². The van der Waals surface area contributed by atoms with Crippen molar-refractivity contribution in [3.8, 4) is 11.5 Å². The first kappa shape index (κ1) is 15.6. The molecule has 2 heterocycles. The zero-order valence-corrected chi connectivity index (χ0v) is 14.0. The molecule has 0 spiro atoms. The minimum absolute atomic E-state index is 0.101. The van der Waals surface area contributed by atoms with Crippen molar-refractivity contribution in [2.75, 3.05) is 7.11 Å². The van der Waals surface area contributed by atoms with E-state index in [1.165, 1.54) is 18.4 Å². The van der Waals surface area contributed by atoms with Gasteiger partial charge in [-0.3, -0.25) is 4.79 Å². The average molecular weight is 349 g/mol. The van der Waals surface area contributed by atoms with Gasteiger partial charge in [0.2, 0.25) is 0 Å². The fourth-order valence-electron chi connectivity index (χ4n) is 2.20. The number of methoxy groups -OCH3 is 1. The number of allylic oxidation sites excluding steroid dienone is 1. The molecule has 1 aromatic carbocycles. The number of hydrogen-bond acceptors (Lipinski definition) is 5. The number of nitrogens with zero attached hydrogens (tertiary/aromatic N) is 1. The summed E-state index contributed by atoms with van der Waals surface area (Å²) in [5.41, 5.74) is 1.33. The van der Waals surface area contributed by atoms with Crippen LogP contribution in [0.25, 0.3) is 21.9 Å². The number of benzene rings is 1. The summed E-state index contributed by atoms with van der Waals surface area (Å²) >= 11 is 7.40. The minimum atomic E-state index is -0.166. The lowest BCUT2D eigenvalue weighted by Gasteiger charge is -2.07. The molecule has 3 rings (SSSR count). The highest BCUT2D eigenvalue weighted by atomic mass is 35.5. The fourth-order valence-corrected chi connectivity index (χ4v) is 3.19. The van der Waals surface area contributed by atoms with Crippen LogP contribution in [0.15, 0.2) is 28.4 Å². The predicted molar refractivity (Wildman–Crippen MR) is 93.5 cm³/mol. The second kappa shape index (κ2) is 6.06. The normalized spacial score (nSPS) is 11.9. The Morgan fingerprint density at radius 3 is 3.00 bits per heavy atom. The number of aromatic nitrogens is 2. The summed E-state index contributed by atoms with van der Waals surface area (Å²) in [5.74, 6) is 0.676. The summed E-state index contributed by atoms with van der Waals surface area (Å²) in [6, 6.07) is 5.02. The summed E-state index contributed by atoms with van der Waals surface area (Å²) < 4.78 is 5.08. The number of phenols is 1. The lowest BCUT2D eigenvalue weighted by Crippen LogP contribution is -2.09. The van der Waals surface area contributed by atoms with Crippen LogP contribution in [0.1, 0.15) is 18.3 Å². The van der Waals surface area contributed by atoms with Gasteiger partial charge in [-0.25, -0.2) is 4.98 Å². The van der Waals surface area contributed by atoms with Crippen LogP contribution in [0.4, 0.5) is 0 Å². The van der Waals surface area contributed by atoms with Gasteiger partial charge in [0.1, 0.15) is 10.7 Å². The second-order valence-electron chi connectivity index (χ2n) is 4.93. The Hall–Kier alpha value is -2.31. The van der Waals surface area contributed by atoms with Crippen LogP contribution >= 0.6 is 22.9 Å². The monoisotopic (exact) mass is 348 g/mol. The molecule has 2 N–H and O–H groups in total. The highest BCUT2D eigenvalue weighted by Gasteiger charge is 2.10. The quantitative estimate of drug-likeness (QED) is 0.752. The van der Waals surface area contributed by atoms with Crippen LogP contribution in [0.5, 0.6) is 11.5 Å². The van der Waals surface area contributed by atoms with Crippen LogP contribution in [0.2, 0.25) is 5.02 Å². The van der Waals surface area contributed by atoms with E-state index in [1.54, 1.807) is 18.2 Å². The molecule has 23 heavy (non-hydrogen) atoms. The number of aromatic amines is 1. The van der Waals surface area contributed by atoms with Crippen molar-refractivity contribution in [3.63, 3.8) is 0 Å². The van der Waals surface area contributed by atoms with Crippen molar-refractivity contribution in [2.24, 2.45) is 0 Å². The summed E-state index contributed by atoms with van der Waals surface area (Å²) in [5, 5.41) is 12.4. The number of halogens is 1. The Morgan fingerprint density at radius 2 is 2.26 bits per heavy atom. The first-order valence-electron chi connectivity index (χ1n) is 6.72. The lowest BCUT2D eigenvalue weighted by molar-refractivity contribution is 0.373. The molecule has 0 saturated heterocycles. The maximum Gasteiger partial charge on any atom is 0.259 e. The molecule has 0 atom stereocenters. The topological polar surface area (TPSA) is 75.2 Å². The Kier molecular flexibility index (Phi) is 4.11. The molecular weight excluding hydrogens is 336 g/mol. The number of fused-ring (bicyclic) bond motifs is 1. The first-order chi connectivity index (χ1) is 11.0. The Morgan fingerprint density at radius 1 is 1.48 bits per heavy atom. The van der Waals surface area contributed by atoms with Crippen LogP contribution in [-0.2, 0) is 0 Å². The van der Waals surface area contributed by atoms with Gasteiger partial charge in [-0.15, -0.1) is 11.3 Å². The molecule has 118 valence electrons. The van der Waals surface area contributed by atoms with Crippen molar-refractivity contribution in [1.29, 1.82) is 0 Å². The molecule has 0 unspecified atom stereocenters. The van der Waals surface area contributed by atoms with E-state index in [4.69, 9.17) is 16.3 Å². The van der Waals surface area contributed by atoms with Gasteiger partial charge < -0.3 is 14.8 Å². The third-order valence-electron chi connectivity index (χ3n) is 3.36. The van der Waals surface area contributed by atoms with E-state index in [0.29, 0.717) is 16.0 Å². The van der Waals surface area contributed by atoms with Crippen molar-refractivity contribution >= 4 is 44.8 Å². The van der Waals surface area contributed by atoms with Gasteiger partial charge in [-0.05, 0) is 47.7 Å². The van der Waals surface area contributed by atoms with Crippen molar-refractivity contribution < 1.29 is 9.84 Å². The third kappa shape index (κ3) is 2.95. The summed E-state index contributed by atoms with van der Waals surface area (Å²) in [6.45, 7) is 1.84. The average Bonchev–Trinajstić information content (AvgIpc) is 2.99. The highest BCUT2D eigenvalue weighted by Crippen LogP contribution is 2.35. The number of aromatic hydroxyl groups is 1. The molecule has 0 aliphatic carbocycles. The van der Waals surface area contributed by atoms with E-state index in [1.807, 2.05) is 18.4 Å². The smallest absolute Gasteiger partial charge is 0.259 e. The molecule has 0 bridgehead atoms. The molecule has 0 aliphatic rings. The van der Waals surface area contributed by atoms with Crippen LogP contribution in [0.3, 0.4) is 0 Å². The number of thiophene rings is 1. The SMILES string of the molecule is COc1cc(/C=C(\C)c2nc3sccc3c(=O)[nH]2)cc(Cl)c1O. The lowest BCUT2D eigenvalue weighted by atomic mass is 10.1. The molecule has 7 heteroatoms. The van der Waals surface area contributed by atoms with E-state index in [0.717, 1.165) is 11.1 Å². The van der Waals surface area contributed by atoms with E-state index < -0.39 is 0 Å². The highest BCUT2D eigenvalue weighted by molar-refractivity contribution is 7.16.